The van der Waals surface area contributed by atoms with E-state index in [4.69, 9.17) is 8.03 Å². The predicted molar refractivity (Wildman–Crippen MR) is 7.13 cm³/mol. The molecule has 0 saturated carbocycles. The molecule has 0 rings (SSSR count). The molecule has 0 aromatic heterocycles. The molecular formula is BO2Ti. The summed E-state index contributed by atoms with van der Waals surface area (Å²) in [4.78, 5) is 0. The summed E-state index contributed by atoms with van der Waals surface area (Å²) in [7, 11) is 3.25. The summed E-state index contributed by atoms with van der Waals surface area (Å²) in [6, 6.07) is 0. The van der Waals surface area contributed by atoms with Gasteiger partial charge in [0, 0.05) is 0 Å². The third-order valence-corrected chi connectivity index (χ3v) is 0. The molecule has 0 aromatic carbocycles. The Morgan fingerprint density at radius 3 is 1.25 bits per heavy atom. The van der Waals surface area contributed by atoms with Crippen LogP contribution in [0.4, 0.5) is 0 Å². The molecule has 0 amide bonds. The van der Waals surface area contributed by atoms with E-state index in [0.29, 0.717) is 0 Å². The van der Waals surface area contributed by atoms with Gasteiger partial charge in [-0.2, -0.15) is 0 Å². The van der Waals surface area contributed by atoms with Crippen molar-refractivity contribution in [2.75, 3.05) is 0 Å². The van der Waals surface area contributed by atoms with E-state index >= 15 is 0 Å². The molecule has 0 spiro atoms. The van der Waals surface area contributed by atoms with Gasteiger partial charge in [0.15, 0.2) is 0 Å². The van der Waals surface area contributed by atoms with Crippen molar-refractivity contribution in [1.29, 1.82) is 0 Å². The van der Waals surface area contributed by atoms with Crippen LogP contribution in [0.5, 0.6) is 0 Å². The second-order valence-electron chi connectivity index (χ2n) is 0. The Morgan fingerprint density at radius 2 is 1.25 bits per heavy atom. The SMILES string of the molecule is [B]=O.[O]=[Ti]. The van der Waals surface area contributed by atoms with Crippen molar-refractivity contribution < 1.29 is 28.4 Å². The van der Waals surface area contributed by atoms with Gasteiger partial charge in [-0.1, -0.05) is 0 Å². The molecule has 0 heterocycles. The van der Waals surface area contributed by atoms with Crippen molar-refractivity contribution in [2.24, 2.45) is 0 Å². The Hall–Kier alpha value is 0.379. The van der Waals surface area contributed by atoms with Gasteiger partial charge in [0.1, 0.15) is 0 Å². The van der Waals surface area contributed by atoms with Gasteiger partial charge in [0.25, 0.3) is 0 Å². The molecular weight excluding hydrogens is 90.7 g/mol. The van der Waals surface area contributed by atoms with E-state index in [1.807, 2.05) is 0 Å². The van der Waals surface area contributed by atoms with Gasteiger partial charge in [-0.3, -0.25) is 0 Å². The first-order valence-electron chi connectivity index (χ1n) is 0.440. The molecule has 4 heavy (non-hydrogen) atoms. The quantitative estimate of drug-likeness (QED) is 0.372. The van der Waals surface area contributed by atoms with Crippen LogP contribution in [0.3, 0.4) is 0 Å². The van der Waals surface area contributed by atoms with Crippen molar-refractivity contribution in [2.45, 2.75) is 0 Å². The molecule has 1 radical (unpaired) electrons. The van der Waals surface area contributed by atoms with Crippen molar-refractivity contribution in [3.8, 4) is 0 Å². The molecule has 0 N–H and O–H groups in total. The molecule has 0 unspecified atom stereocenters. The maximum absolute atomic E-state index is 8.25. The van der Waals surface area contributed by atoms with E-state index in [1.54, 1.807) is 0 Å². The third kappa shape index (κ3) is 31.5. The molecule has 0 atom stereocenters. The van der Waals surface area contributed by atoms with Crippen LogP contribution < -0.4 is 0 Å². The van der Waals surface area contributed by atoms with Gasteiger partial charge in [-0.15, -0.1) is 0 Å². The summed E-state index contributed by atoms with van der Waals surface area (Å²) < 4.78 is 16.0. The summed E-state index contributed by atoms with van der Waals surface area (Å²) in [5.74, 6) is 0. The van der Waals surface area contributed by atoms with Crippen molar-refractivity contribution in [3.05, 3.63) is 0 Å². The van der Waals surface area contributed by atoms with Gasteiger partial charge < -0.3 is 0 Å². The molecule has 0 fully saturated rings. The van der Waals surface area contributed by atoms with E-state index < -0.39 is 0 Å². The van der Waals surface area contributed by atoms with E-state index in [9.17, 15) is 0 Å². The van der Waals surface area contributed by atoms with Gasteiger partial charge >= 0.3 is 36.2 Å². The Balaban J connectivity index is 0. The van der Waals surface area contributed by atoms with Crippen molar-refractivity contribution >= 4 is 7.72 Å². The minimum absolute atomic E-state index is 0.750. The fourth-order valence-corrected chi connectivity index (χ4v) is 0. The standard InChI is InChI=1S/BO.O.Ti/c1-2;;. The second kappa shape index (κ2) is 133. The molecule has 0 saturated heterocycles. The summed E-state index contributed by atoms with van der Waals surface area (Å²) >= 11 is 0.750. The first-order valence-corrected chi connectivity index (χ1v) is 1.08. The minimum atomic E-state index is 0.750. The van der Waals surface area contributed by atoms with Gasteiger partial charge in [0.05, 0.1) is 0 Å². The third-order valence-electron chi connectivity index (χ3n) is 0. The van der Waals surface area contributed by atoms with Crippen LogP contribution in [0.15, 0.2) is 0 Å². The first kappa shape index (κ1) is 8.83. The molecule has 0 aliphatic heterocycles. The van der Waals surface area contributed by atoms with E-state index in [0.717, 1.165) is 20.4 Å². The first-order chi connectivity index (χ1) is 2.00. The Kier molecular flexibility index (Phi) is 294. The van der Waals surface area contributed by atoms with Crippen molar-refractivity contribution in [3.63, 3.8) is 0 Å². The fraction of sp³-hybridized carbons (Fsp3) is 0. The van der Waals surface area contributed by atoms with Crippen LogP contribution in [0.2, 0.25) is 0 Å². The molecule has 4 heteroatoms. The van der Waals surface area contributed by atoms with Crippen LogP contribution in [-0.2, 0) is 28.4 Å². The Bertz CT molecular complexity index is 8.00. The predicted octanol–water partition coefficient (Wildman–Crippen LogP) is -0.621. The van der Waals surface area contributed by atoms with Gasteiger partial charge in [-0.05, 0) is 0 Å². The summed E-state index contributed by atoms with van der Waals surface area (Å²) in [6.45, 7) is 0. The molecule has 2 nitrogen and oxygen atoms in total. The second-order valence-corrected chi connectivity index (χ2v) is 0. The van der Waals surface area contributed by atoms with Crippen LogP contribution in [0.25, 0.3) is 0 Å². The monoisotopic (exact) mass is 90.9 g/mol. The summed E-state index contributed by atoms with van der Waals surface area (Å²) in [6.07, 6.45) is 0. The van der Waals surface area contributed by atoms with E-state index in [2.05, 4.69) is 7.72 Å². The Labute approximate surface area is 36.7 Å². The molecule has 0 aromatic rings. The van der Waals surface area contributed by atoms with E-state index in [-0.39, 0.29) is 0 Å². The molecule has 0 bridgehead atoms. The number of hydrogen-bond acceptors (Lipinski definition) is 2. The van der Waals surface area contributed by atoms with E-state index in [1.165, 1.54) is 0 Å². The van der Waals surface area contributed by atoms with Crippen LogP contribution in [-0.4, -0.2) is 7.72 Å². The van der Waals surface area contributed by atoms with Crippen molar-refractivity contribution in [1.82, 2.24) is 0 Å². The number of hydrogen-bond donors (Lipinski definition) is 0. The topological polar surface area (TPSA) is 34.1 Å². The Morgan fingerprint density at radius 1 is 1.25 bits per heavy atom. The zero-order valence-corrected chi connectivity index (χ0v) is 3.46. The van der Waals surface area contributed by atoms with Crippen LogP contribution in [0.1, 0.15) is 0 Å². The zero-order valence-electron chi connectivity index (χ0n) is 1.89. The normalized spacial score (nSPS) is 1.50. The average Bonchev–Trinajstić information content (AvgIpc) is 1.50. The average molecular weight is 90.7 g/mol. The maximum atomic E-state index is 8.25. The zero-order chi connectivity index (χ0) is 4.00. The molecule has 0 aliphatic carbocycles. The molecule has 0 aliphatic rings. The van der Waals surface area contributed by atoms with Crippen LogP contribution >= 0.6 is 0 Å². The van der Waals surface area contributed by atoms with Gasteiger partial charge in [-0.25, -0.2) is 0 Å². The summed E-state index contributed by atoms with van der Waals surface area (Å²) in [5.41, 5.74) is 0. The van der Waals surface area contributed by atoms with Gasteiger partial charge in [0.2, 0.25) is 0 Å². The summed E-state index contributed by atoms with van der Waals surface area (Å²) in [5, 5.41) is 0. The van der Waals surface area contributed by atoms with Crippen LogP contribution in [0, 0.1) is 0 Å². The number of rotatable bonds is 0. The molecule has 19 valence electrons. The fourth-order valence-electron chi connectivity index (χ4n) is 0.